The third-order valence-corrected chi connectivity index (χ3v) is 3.08. The monoisotopic (exact) mass is 277 g/mol. The van der Waals surface area contributed by atoms with Crippen LogP contribution in [0.3, 0.4) is 0 Å². The number of piperidine rings is 1. The first-order chi connectivity index (χ1) is 9.74. The van der Waals surface area contributed by atoms with E-state index in [0.29, 0.717) is 19.6 Å². The lowest BCUT2D eigenvalue weighted by Crippen LogP contribution is -2.44. The SMILES string of the molecule is CC.CCOC(=O)C1CCCN(c2ccccc2)C1=O. The maximum absolute atomic E-state index is 12.3. The van der Waals surface area contributed by atoms with Crippen LogP contribution in [0.15, 0.2) is 30.3 Å². The average Bonchev–Trinajstić information content (AvgIpc) is 2.50. The molecule has 0 radical (unpaired) electrons. The Kier molecular flexibility index (Phi) is 6.77. The van der Waals surface area contributed by atoms with E-state index in [9.17, 15) is 9.59 Å². The maximum Gasteiger partial charge on any atom is 0.318 e. The summed E-state index contributed by atoms with van der Waals surface area (Å²) in [4.78, 5) is 25.7. The van der Waals surface area contributed by atoms with E-state index in [1.807, 2.05) is 44.2 Å². The molecule has 0 aliphatic carbocycles. The average molecular weight is 277 g/mol. The second kappa shape index (κ2) is 8.35. The number of amides is 1. The van der Waals surface area contributed by atoms with Crippen molar-refractivity contribution in [3.8, 4) is 0 Å². The summed E-state index contributed by atoms with van der Waals surface area (Å²) >= 11 is 0. The Morgan fingerprint density at radius 2 is 1.95 bits per heavy atom. The predicted octanol–water partition coefficient (Wildman–Crippen LogP) is 3.02. The lowest BCUT2D eigenvalue weighted by Gasteiger charge is -2.31. The van der Waals surface area contributed by atoms with Crippen LogP contribution in [0.4, 0.5) is 5.69 Å². The van der Waals surface area contributed by atoms with Crippen molar-refractivity contribution in [3.63, 3.8) is 0 Å². The number of rotatable bonds is 3. The number of nitrogens with zero attached hydrogens (tertiary/aromatic N) is 1. The van der Waals surface area contributed by atoms with E-state index in [1.54, 1.807) is 11.8 Å². The van der Waals surface area contributed by atoms with Crippen LogP contribution in [0.5, 0.6) is 0 Å². The third kappa shape index (κ3) is 3.83. The van der Waals surface area contributed by atoms with Crippen molar-refractivity contribution in [1.29, 1.82) is 0 Å². The van der Waals surface area contributed by atoms with Crippen LogP contribution in [0.1, 0.15) is 33.6 Å². The molecular formula is C16H23NO3. The molecule has 1 saturated heterocycles. The number of benzene rings is 1. The Morgan fingerprint density at radius 3 is 2.55 bits per heavy atom. The molecule has 1 aliphatic heterocycles. The van der Waals surface area contributed by atoms with Gasteiger partial charge in [0.05, 0.1) is 6.61 Å². The predicted molar refractivity (Wildman–Crippen MR) is 79.5 cm³/mol. The molecule has 0 saturated carbocycles. The van der Waals surface area contributed by atoms with Crippen LogP contribution < -0.4 is 4.90 Å². The molecule has 0 spiro atoms. The summed E-state index contributed by atoms with van der Waals surface area (Å²) in [6.07, 6.45) is 1.41. The Morgan fingerprint density at radius 1 is 1.30 bits per heavy atom. The molecule has 4 heteroatoms. The van der Waals surface area contributed by atoms with E-state index in [1.165, 1.54) is 0 Å². The highest BCUT2D eigenvalue weighted by molar-refractivity contribution is 6.06. The van der Waals surface area contributed by atoms with Crippen molar-refractivity contribution in [2.75, 3.05) is 18.1 Å². The van der Waals surface area contributed by atoms with Gasteiger partial charge in [0.25, 0.3) is 0 Å². The van der Waals surface area contributed by atoms with E-state index < -0.39 is 11.9 Å². The molecule has 1 fully saturated rings. The van der Waals surface area contributed by atoms with Gasteiger partial charge >= 0.3 is 5.97 Å². The van der Waals surface area contributed by atoms with Crippen molar-refractivity contribution in [1.82, 2.24) is 0 Å². The molecule has 1 aromatic carbocycles. The molecule has 20 heavy (non-hydrogen) atoms. The summed E-state index contributed by atoms with van der Waals surface area (Å²) in [7, 11) is 0. The largest absolute Gasteiger partial charge is 0.465 e. The number of hydrogen-bond donors (Lipinski definition) is 0. The summed E-state index contributed by atoms with van der Waals surface area (Å²) in [6.45, 7) is 6.73. The highest BCUT2D eigenvalue weighted by Crippen LogP contribution is 2.24. The van der Waals surface area contributed by atoms with Gasteiger partial charge in [-0.1, -0.05) is 32.0 Å². The molecule has 1 amide bonds. The fourth-order valence-corrected chi connectivity index (χ4v) is 2.20. The van der Waals surface area contributed by atoms with Crippen LogP contribution in [-0.2, 0) is 14.3 Å². The summed E-state index contributed by atoms with van der Waals surface area (Å²) < 4.78 is 4.95. The number of para-hydroxylation sites is 1. The lowest BCUT2D eigenvalue weighted by atomic mass is 9.96. The smallest absolute Gasteiger partial charge is 0.318 e. The minimum absolute atomic E-state index is 0.147. The number of carbonyl (C=O) groups is 2. The second-order valence-corrected chi connectivity index (χ2v) is 4.27. The first-order valence-electron chi connectivity index (χ1n) is 7.27. The Labute approximate surface area is 120 Å². The van der Waals surface area contributed by atoms with Crippen molar-refractivity contribution in [3.05, 3.63) is 30.3 Å². The van der Waals surface area contributed by atoms with Gasteiger partial charge in [0.15, 0.2) is 0 Å². The molecule has 1 atom stereocenters. The second-order valence-electron chi connectivity index (χ2n) is 4.27. The van der Waals surface area contributed by atoms with E-state index >= 15 is 0 Å². The normalized spacial score (nSPS) is 18.1. The van der Waals surface area contributed by atoms with Crippen LogP contribution in [0, 0.1) is 5.92 Å². The molecule has 1 aliphatic rings. The van der Waals surface area contributed by atoms with Gasteiger partial charge in [-0.2, -0.15) is 0 Å². The van der Waals surface area contributed by atoms with Gasteiger partial charge in [-0.05, 0) is 31.9 Å². The lowest BCUT2D eigenvalue weighted by molar-refractivity contribution is -0.152. The Bertz CT molecular complexity index is 431. The van der Waals surface area contributed by atoms with Crippen LogP contribution >= 0.6 is 0 Å². The molecule has 2 rings (SSSR count). The molecule has 110 valence electrons. The van der Waals surface area contributed by atoms with Crippen LogP contribution in [0.2, 0.25) is 0 Å². The molecule has 1 aromatic rings. The molecule has 0 aromatic heterocycles. The quantitative estimate of drug-likeness (QED) is 0.630. The third-order valence-electron chi connectivity index (χ3n) is 3.08. The fraction of sp³-hybridized carbons (Fsp3) is 0.500. The van der Waals surface area contributed by atoms with E-state index in [4.69, 9.17) is 4.74 Å². The van der Waals surface area contributed by atoms with Gasteiger partial charge in [0.1, 0.15) is 5.92 Å². The summed E-state index contributed by atoms with van der Waals surface area (Å²) in [5, 5.41) is 0. The van der Waals surface area contributed by atoms with Gasteiger partial charge in [-0.3, -0.25) is 9.59 Å². The highest BCUT2D eigenvalue weighted by Gasteiger charge is 2.35. The summed E-state index contributed by atoms with van der Waals surface area (Å²) in [6, 6.07) is 9.44. The minimum atomic E-state index is -0.640. The zero-order chi connectivity index (χ0) is 15.0. The fourth-order valence-electron chi connectivity index (χ4n) is 2.20. The first kappa shape index (κ1) is 16.2. The number of anilines is 1. The molecule has 4 nitrogen and oxygen atoms in total. The topological polar surface area (TPSA) is 46.6 Å². The molecule has 0 bridgehead atoms. The van der Waals surface area contributed by atoms with E-state index in [2.05, 4.69) is 0 Å². The first-order valence-corrected chi connectivity index (χ1v) is 7.27. The number of hydrogen-bond acceptors (Lipinski definition) is 3. The number of esters is 1. The Balaban J connectivity index is 0.000000956. The molecule has 0 N–H and O–H groups in total. The van der Waals surface area contributed by atoms with Crippen LogP contribution in [0.25, 0.3) is 0 Å². The van der Waals surface area contributed by atoms with E-state index in [-0.39, 0.29) is 5.91 Å². The molecule has 1 unspecified atom stereocenters. The summed E-state index contributed by atoms with van der Waals surface area (Å²) in [5.41, 5.74) is 0.844. The van der Waals surface area contributed by atoms with Crippen molar-refractivity contribution in [2.45, 2.75) is 33.6 Å². The maximum atomic E-state index is 12.3. The highest BCUT2D eigenvalue weighted by atomic mass is 16.5. The number of carbonyl (C=O) groups excluding carboxylic acids is 2. The van der Waals surface area contributed by atoms with Gasteiger partial charge in [-0.15, -0.1) is 0 Å². The van der Waals surface area contributed by atoms with Gasteiger partial charge in [0, 0.05) is 12.2 Å². The van der Waals surface area contributed by atoms with Crippen molar-refractivity contribution < 1.29 is 14.3 Å². The van der Waals surface area contributed by atoms with Crippen molar-refractivity contribution in [2.24, 2.45) is 5.92 Å². The van der Waals surface area contributed by atoms with E-state index in [0.717, 1.165) is 12.1 Å². The van der Waals surface area contributed by atoms with Gasteiger partial charge in [-0.25, -0.2) is 0 Å². The number of ether oxygens (including phenoxy) is 1. The molecular weight excluding hydrogens is 254 g/mol. The standard InChI is InChI=1S/C14H17NO3.C2H6/c1-2-18-14(17)12-9-6-10-15(13(12)16)11-7-4-3-5-8-11;1-2/h3-5,7-8,12H,2,6,9-10H2,1H3;1-2H3. The van der Waals surface area contributed by atoms with Crippen molar-refractivity contribution >= 4 is 17.6 Å². The Hall–Kier alpha value is -1.84. The molecule has 1 heterocycles. The van der Waals surface area contributed by atoms with Gasteiger partial charge in [0.2, 0.25) is 5.91 Å². The zero-order valence-corrected chi connectivity index (χ0v) is 12.5. The van der Waals surface area contributed by atoms with Gasteiger partial charge < -0.3 is 9.64 Å². The zero-order valence-electron chi connectivity index (χ0n) is 12.5. The van der Waals surface area contributed by atoms with Crippen LogP contribution in [-0.4, -0.2) is 25.0 Å². The summed E-state index contributed by atoms with van der Waals surface area (Å²) in [5.74, 6) is -1.19. The minimum Gasteiger partial charge on any atom is -0.465 e.